The van der Waals surface area contributed by atoms with Crippen molar-refractivity contribution in [2.75, 3.05) is 19.8 Å². The van der Waals surface area contributed by atoms with Crippen LogP contribution in [0.3, 0.4) is 0 Å². The van der Waals surface area contributed by atoms with E-state index in [0.29, 0.717) is 16.7 Å². The maximum atomic E-state index is 13.6. The largest absolute Gasteiger partial charge is 0.510 e. The first-order chi connectivity index (χ1) is 16.9. The van der Waals surface area contributed by atoms with Gasteiger partial charge in [-0.25, -0.2) is 0 Å². The number of nitrogen functional groups attached to an aromatic ring is 1. The monoisotopic (exact) mass is 495 g/mol. The number of aromatic hydroxyl groups is 1. The van der Waals surface area contributed by atoms with Crippen LogP contribution < -0.4 is 11.5 Å². The number of allylic oxidation sites excluding steroid dienone is 1. The average molecular weight is 495 g/mol. The first-order valence-electron chi connectivity index (χ1n) is 11.2. The molecule has 0 unspecified atom stereocenters. The summed E-state index contributed by atoms with van der Waals surface area (Å²) in [6.07, 6.45) is 3.07. The Morgan fingerprint density at radius 1 is 1.22 bits per heavy atom. The van der Waals surface area contributed by atoms with Crippen molar-refractivity contribution in [1.82, 2.24) is 4.90 Å². The molecule has 8 N–H and O–H groups in total. The van der Waals surface area contributed by atoms with Crippen LogP contribution in [0.15, 0.2) is 51.7 Å². The molecule has 0 fully saturated rings. The minimum absolute atomic E-state index is 0.0118. The van der Waals surface area contributed by atoms with Crippen molar-refractivity contribution in [3.8, 4) is 16.9 Å². The third kappa shape index (κ3) is 2.90. The predicted octanol–water partition coefficient (Wildman–Crippen LogP) is 0.963. The van der Waals surface area contributed by atoms with E-state index in [0.717, 1.165) is 0 Å². The van der Waals surface area contributed by atoms with Gasteiger partial charge in [0.25, 0.3) is 5.91 Å². The lowest BCUT2D eigenvalue weighted by Gasteiger charge is -2.50. The molecular weight excluding hydrogens is 470 g/mol. The number of primary amides is 1. The van der Waals surface area contributed by atoms with E-state index in [9.17, 15) is 34.8 Å². The van der Waals surface area contributed by atoms with Crippen LogP contribution >= 0.6 is 0 Å². The molecule has 11 heteroatoms. The van der Waals surface area contributed by atoms with Crippen LogP contribution in [0, 0.1) is 11.8 Å². The number of Topliss-reactive ketones (excluding diaryl/α,β-unsaturated/α-hetero) is 2. The van der Waals surface area contributed by atoms with Crippen LogP contribution in [-0.2, 0) is 16.0 Å². The van der Waals surface area contributed by atoms with E-state index in [1.165, 1.54) is 17.4 Å². The number of hydrogen-bond acceptors (Lipinski definition) is 10. The zero-order valence-electron chi connectivity index (χ0n) is 19.5. The number of nitrogens with two attached hydrogens (primary N) is 2. The number of aliphatic hydroxyl groups is 3. The van der Waals surface area contributed by atoms with Gasteiger partial charge in [-0.1, -0.05) is 0 Å². The lowest BCUT2D eigenvalue weighted by atomic mass is 9.58. The molecule has 36 heavy (non-hydrogen) atoms. The fourth-order valence-corrected chi connectivity index (χ4v) is 5.98. The number of rotatable bonds is 3. The number of furan rings is 1. The number of benzene rings is 1. The summed E-state index contributed by atoms with van der Waals surface area (Å²) in [7, 11) is 3.15. The molecule has 1 heterocycles. The molecule has 0 bridgehead atoms. The number of amides is 1. The highest BCUT2D eigenvalue weighted by Crippen LogP contribution is 2.53. The summed E-state index contributed by atoms with van der Waals surface area (Å²) in [5.41, 5.74) is 9.00. The van der Waals surface area contributed by atoms with Crippen molar-refractivity contribution in [2.45, 2.75) is 24.5 Å². The van der Waals surface area contributed by atoms with Crippen molar-refractivity contribution in [3.63, 3.8) is 0 Å². The van der Waals surface area contributed by atoms with E-state index < -0.39 is 63.8 Å². The smallest absolute Gasteiger partial charge is 0.255 e. The Hall–Kier alpha value is -4.09. The van der Waals surface area contributed by atoms with E-state index in [4.69, 9.17) is 15.9 Å². The highest BCUT2D eigenvalue weighted by Gasteiger charge is 2.63. The SMILES string of the molecule is CN(C)[C@@H]1C(O)=C(C(N)=O)C(=O)[C@@]2(O)C(O)=C3C(=O)c4c(cc(-c5ccoc5)c(N)c4O)C[C@H]3C[C@@H]12. The summed E-state index contributed by atoms with van der Waals surface area (Å²) in [5.74, 6) is -7.10. The molecule has 3 aliphatic rings. The van der Waals surface area contributed by atoms with Gasteiger partial charge in [0.1, 0.15) is 17.1 Å². The van der Waals surface area contributed by atoms with Gasteiger partial charge in [0, 0.05) is 22.6 Å². The van der Waals surface area contributed by atoms with Gasteiger partial charge in [0.2, 0.25) is 5.78 Å². The van der Waals surface area contributed by atoms with Crippen molar-refractivity contribution < 1.29 is 39.2 Å². The molecule has 188 valence electrons. The molecule has 0 saturated carbocycles. The first kappa shape index (κ1) is 23.6. The van der Waals surface area contributed by atoms with Gasteiger partial charge in [-0.3, -0.25) is 19.3 Å². The molecule has 5 rings (SSSR count). The summed E-state index contributed by atoms with van der Waals surface area (Å²) < 4.78 is 5.11. The van der Waals surface area contributed by atoms with Crippen LogP contribution in [0.4, 0.5) is 5.69 Å². The van der Waals surface area contributed by atoms with Gasteiger partial charge in [-0.2, -0.15) is 0 Å². The highest BCUT2D eigenvalue weighted by molar-refractivity contribution is 6.25. The lowest BCUT2D eigenvalue weighted by molar-refractivity contribution is -0.148. The number of phenols is 1. The number of aliphatic hydroxyl groups excluding tert-OH is 2. The minimum atomic E-state index is -2.68. The summed E-state index contributed by atoms with van der Waals surface area (Å²) in [4.78, 5) is 40.4. The fourth-order valence-electron chi connectivity index (χ4n) is 5.98. The quantitative estimate of drug-likeness (QED) is 0.202. The maximum Gasteiger partial charge on any atom is 0.255 e. The second-order valence-corrected chi connectivity index (χ2v) is 9.70. The number of carbonyl (C=O) groups is 3. The standard InChI is InChI=1S/C25H25N3O8/c1-28(2)18-13-7-11-5-10-6-12(9-3-4-36-8-9)17(26)20(30)14(10)19(29)15(11)22(32)25(13,35)23(33)16(21(18)31)24(27)34/h3-4,6,8,11,13,18,30-32,35H,5,7,26H2,1-2H3,(H2,27,34)/t11-,13-,18-,25-/m0/s1. The number of carbonyl (C=O) groups excluding carboxylic acids is 3. The maximum absolute atomic E-state index is 13.6. The zero-order valence-corrected chi connectivity index (χ0v) is 19.5. The molecule has 0 saturated heterocycles. The molecule has 0 spiro atoms. The normalized spacial score (nSPS) is 27.7. The molecule has 1 amide bonds. The van der Waals surface area contributed by atoms with Crippen molar-refractivity contribution in [3.05, 3.63) is 58.5 Å². The fraction of sp³-hybridized carbons (Fsp3) is 0.320. The Morgan fingerprint density at radius 2 is 1.92 bits per heavy atom. The molecule has 11 nitrogen and oxygen atoms in total. The number of ketones is 2. The third-order valence-electron chi connectivity index (χ3n) is 7.58. The Balaban J connectivity index is 1.72. The van der Waals surface area contributed by atoms with E-state index in [1.807, 2.05) is 0 Å². The number of phenolic OH excluding ortho intramolecular Hbond substituents is 1. The van der Waals surface area contributed by atoms with E-state index in [-0.39, 0.29) is 29.7 Å². The van der Waals surface area contributed by atoms with Gasteiger partial charge in [0.15, 0.2) is 17.1 Å². The summed E-state index contributed by atoms with van der Waals surface area (Å²) in [5, 5.41) is 44.5. The van der Waals surface area contributed by atoms with E-state index in [2.05, 4.69) is 0 Å². The van der Waals surface area contributed by atoms with Crippen LogP contribution in [-0.4, -0.2) is 68.5 Å². The number of likely N-dealkylation sites (N-methyl/N-ethyl adjacent to an activating group) is 1. The second kappa shape index (κ2) is 7.70. The summed E-state index contributed by atoms with van der Waals surface area (Å²) in [6.45, 7) is 0. The molecule has 3 aliphatic carbocycles. The van der Waals surface area contributed by atoms with Crippen LogP contribution in [0.5, 0.6) is 5.75 Å². The summed E-state index contributed by atoms with van der Waals surface area (Å²) in [6, 6.07) is 2.28. The molecule has 1 aromatic heterocycles. The van der Waals surface area contributed by atoms with Crippen LogP contribution in [0.25, 0.3) is 11.1 Å². The number of hydrogen-bond donors (Lipinski definition) is 6. The van der Waals surface area contributed by atoms with Gasteiger partial charge < -0.3 is 36.3 Å². The molecular formula is C25H25N3O8. The second-order valence-electron chi connectivity index (χ2n) is 9.70. The molecule has 1 aromatic carbocycles. The van der Waals surface area contributed by atoms with Crippen molar-refractivity contribution in [2.24, 2.45) is 17.6 Å². The molecule has 0 radical (unpaired) electrons. The van der Waals surface area contributed by atoms with Gasteiger partial charge in [-0.15, -0.1) is 0 Å². The summed E-state index contributed by atoms with van der Waals surface area (Å²) >= 11 is 0. The minimum Gasteiger partial charge on any atom is -0.510 e. The van der Waals surface area contributed by atoms with Crippen molar-refractivity contribution >= 4 is 23.2 Å². The first-order valence-corrected chi connectivity index (χ1v) is 11.2. The van der Waals surface area contributed by atoms with Gasteiger partial charge in [-0.05, 0) is 50.6 Å². The van der Waals surface area contributed by atoms with E-state index in [1.54, 1.807) is 26.2 Å². The Kier molecular flexibility index (Phi) is 5.06. The Labute approximate surface area is 204 Å². The van der Waals surface area contributed by atoms with Crippen LogP contribution in [0.2, 0.25) is 0 Å². The van der Waals surface area contributed by atoms with Gasteiger partial charge >= 0.3 is 0 Å². The highest BCUT2D eigenvalue weighted by atomic mass is 16.3. The number of anilines is 1. The van der Waals surface area contributed by atoms with Crippen LogP contribution in [0.1, 0.15) is 22.3 Å². The van der Waals surface area contributed by atoms with E-state index >= 15 is 0 Å². The zero-order chi connectivity index (χ0) is 26.3. The van der Waals surface area contributed by atoms with Crippen molar-refractivity contribution in [1.29, 1.82) is 0 Å². The third-order valence-corrected chi connectivity index (χ3v) is 7.58. The van der Waals surface area contributed by atoms with Gasteiger partial charge in [0.05, 0.1) is 29.8 Å². The lowest BCUT2D eigenvalue weighted by Crippen LogP contribution is -2.63. The Morgan fingerprint density at radius 3 is 2.50 bits per heavy atom. The molecule has 0 aliphatic heterocycles. The average Bonchev–Trinajstić information content (AvgIpc) is 3.33. The molecule has 2 aromatic rings. The number of nitrogens with zero attached hydrogens (tertiary/aromatic N) is 1. The Bertz CT molecular complexity index is 1400. The molecule has 4 atom stereocenters. The number of fused-ring (bicyclic) bond motifs is 3. The predicted molar refractivity (Wildman–Crippen MR) is 126 cm³/mol. The topological polar surface area (TPSA) is 201 Å².